The molecule has 2 aromatic carbocycles. The average molecular weight is 573 g/mol. The minimum absolute atomic E-state index is 0. The Bertz CT molecular complexity index is 1490. The molecule has 12 heteroatoms. The van der Waals surface area contributed by atoms with E-state index in [1.54, 1.807) is 41.6 Å². The molecule has 0 aliphatic carbocycles. The van der Waals surface area contributed by atoms with Crippen LogP contribution >= 0.6 is 34.9 Å². The lowest BCUT2D eigenvalue weighted by atomic mass is 10.1. The van der Waals surface area contributed by atoms with Gasteiger partial charge < -0.3 is 16.3 Å². The summed E-state index contributed by atoms with van der Waals surface area (Å²) in [6.45, 7) is 1.94. The SMILES string of the molecule is Fc1ccc(-c2nc3sccn3c2-c2ccnc(NC3CCN(Sc4ccc(Cl)cc4)CC3)n2)cc1.O.O. The van der Waals surface area contributed by atoms with Gasteiger partial charge >= 0.3 is 0 Å². The number of hydrogen-bond donors (Lipinski definition) is 1. The summed E-state index contributed by atoms with van der Waals surface area (Å²) < 4.78 is 17.9. The van der Waals surface area contributed by atoms with Crippen LogP contribution in [0.4, 0.5) is 10.3 Å². The van der Waals surface area contributed by atoms with Crippen LogP contribution in [0.25, 0.3) is 27.6 Å². The van der Waals surface area contributed by atoms with Gasteiger partial charge in [0, 0.05) is 52.4 Å². The van der Waals surface area contributed by atoms with Crippen molar-refractivity contribution >= 4 is 45.8 Å². The van der Waals surface area contributed by atoms with Gasteiger partial charge in [0.2, 0.25) is 5.95 Å². The summed E-state index contributed by atoms with van der Waals surface area (Å²) in [4.78, 5) is 16.2. The number of benzene rings is 2. The fourth-order valence-electron chi connectivity index (χ4n) is 4.32. The van der Waals surface area contributed by atoms with Crippen molar-refractivity contribution in [3.05, 3.63) is 83.2 Å². The highest BCUT2D eigenvalue weighted by atomic mass is 35.5. The third kappa shape index (κ3) is 5.98. The molecule has 1 saturated heterocycles. The maximum absolute atomic E-state index is 13.5. The average Bonchev–Trinajstić information content (AvgIpc) is 3.49. The van der Waals surface area contributed by atoms with Crippen LogP contribution in [0.2, 0.25) is 5.02 Å². The molecule has 6 rings (SSSR count). The predicted octanol–water partition coefficient (Wildman–Crippen LogP) is 5.25. The van der Waals surface area contributed by atoms with Crippen LogP contribution < -0.4 is 5.32 Å². The van der Waals surface area contributed by atoms with E-state index in [2.05, 4.69) is 26.7 Å². The van der Waals surface area contributed by atoms with Crippen LogP contribution in [0.5, 0.6) is 0 Å². The minimum Gasteiger partial charge on any atom is -0.412 e. The second kappa shape index (κ2) is 12.2. The number of fused-ring (bicyclic) bond motifs is 1. The summed E-state index contributed by atoms with van der Waals surface area (Å²) >= 11 is 9.32. The maximum atomic E-state index is 13.5. The second-order valence-electron chi connectivity index (χ2n) is 8.53. The van der Waals surface area contributed by atoms with Gasteiger partial charge in [-0.2, -0.15) is 0 Å². The van der Waals surface area contributed by atoms with Gasteiger partial charge in [0.05, 0.1) is 11.4 Å². The van der Waals surface area contributed by atoms with Gasteiger partial charge in [-0.15, -0.1) is 11.3 Å². The van der Waals surface area contributed by atoms with Gasteiger partial charge in [-0.1, -0.05) is 11.6 Å². The zero-order valence-electron chi connectivity index (χ0n) is 20.1. The highest BCUT2D eigenvalue weighted by molar-refractivity contribution is 7.97. The molecule has 4 heterocycles. The Balaban J connectivity index is 0.00000168. The van der Waals surface area contributed by atoms with Crippen molar-refractivity contribution in [3.63, 3.8) is 0 Å². The Morgan fingerprint density at radius 1 is 0.974 bits per heavy atom. The molecule has 5 N–H and O–H groups in total. The number of halogens is 2. The summed E-state index contributed by atoms with van der Waals surface area (Å²) in [6, 6.07) is 16.6. The second-order valence-corrected chi connectivity index (χ2v) is 11.0. The highest BCUT2D eigenvalue weighted by Gasteiger charge is 2.22. The van der Waals surface area contributed by atoms with E-state index in [4.69, 9.17) is 21.6 Å². The lowest BCUT2D eigenvalue weighted by Gasteiger charge is -2.31. The quantitative estimate of drug-likeness (QED) is 0.277. The number of thiazole rings is 1. The molecular formula is C26H26ClFN6O2S2. The molecule has 0 saturated carbocycles. The van der Waals surface area contributed by atoms with E-state index in [9.17, 15) is 4.39 Å². The first-order chi connectivity index (χ1) is 17.6. The number of imidazole rings is 1. The largest absolute Gasteiger partial charge is 0.412 e. The Morgan fingerprint density at radius 2 is 1.71 bits per heavy atom. The van der Waals surface area contributed by atoms with Crippen LogP contribution in [-0.2, 0) is 0 Å². The van der Waals surface area contributed by atoms with E-state index >= 15 is 0 Å². The van der Waals surface area contributed by atoms with E-state index in [1.165, 1.54) is 17.0 Å². The van der Waals surface area contributed by atoms with E-state index in [0.29, 0.717) is 12.0 Å². The number of rotatable bonds is 6. The first-order valence-corrected chi connectivity index (χ1v) is 13.7. The molecule has 0 unspecified atom stereocenters. The van der Waals surface area contributed by atoms with Gasteiger partial charge in [-0.25, -0.2) is 23.6 Å². The van der Waals surface area contributed by atoms with Crippen molar-refractivity contribution in [3.8, 4) is 22.6 Å². The molecule has 3 aromatic heterocycles. The van der Waals surface area contributed by atoms with Crippen LogP contribution in [0.1, 0.15) is 12.8 Å². The molecule has 8 nitrogen and oxygen atoms in total. The number of piperidine rings is 1. The van der Waals surface area contributed by atoms with Crippen molar-refractivity contribution in [2.75, 3.05) is 18.4 Å². The number of hydrogen-bond acceptors (Lipinski definition) is 7. The summed E-state index contributed by atoms with van der Waals surface area (Å²) in [5.74, 6) is 0.332. The fourth-order valence-corrected chi connectivity index (χ4v) is 6.11. The number of anilines is 1. The lowest BCUT2D eigenvalue weighted by Crippen LogP contribution is -2.35. The Morgan fingerprint density at radius 3 is 2.45 bits per heavy atom. The number of nitrogens with zero attached hydrogens (tertiary/aromatic N) is 5. The van der Waals surface area contributed by atoms with Crippen molar-refractivity contribution in [1.82, 2.24) is 23.7 Å². The highest BCUT2D eigenvalue weighted by Crippen LogP contribution is 2.34. The van der Waals surface area contributed by atoms with Gasteiger partial charge in [0.15, 0.2) is 4.96 Å². The molecule has 0 amide bonds. The number of aromatic nitrogens is 4. The Kier molecular flexibility index (Phi) is 8.98. The van der Waals surface area contributed by atoms with Crippen molar-refractivity contribution in [2.24, 2.45) is 0 Å². The molecule has 1 aliphatic rings. The molecule has 198 valence electrons. The van der Waals surface area contributed by atoms with Crippen molar-refractivity contribution in [1.29, 1.82) is 0 Å². The summed E-state index contributed by atoms with van der Waals surface area (Å²) in [5, 5.41) is 6.28. The first-order valence-electron chi connectivity index (χ1n) is 11.6. The summed E-state index contributed by atoms with van der Waals surface area (Å²) in [6.07, 6.45) is 5.75. The van der Waals surface area contributed by atoms with Gasteiger partial charge in [-0.05, 0) is 79.4 Å². The van der Waals surface area contributed by atoms with Crippen LogP contribution in [-0.4, -0.2) is 53.7 Å². The topological polar surface area (TPSA) is 121 Å². The van der Waals surface area contributed by atoms with E-state index in [1.807, 2.05) is 34.2 Å². The summed E-state index contributed by atoms with van der Waals surface area (Å²) in [7, 11) is 0. The maximum Gasteiger partial charge on any atom is 0.223 e. The molecule has 0 bridgehead atoms. The molecule has 0 spiro atoms. The van der Waals surface area contributed by atoms with Crippen LogP contribution in [0.15, 0.2) is 77.3 Å². The van der Waals surface area contributed by atoms with Gasteiger partial charge in [0.1, 0.15) is 11.5 Å². The normalized spacial score (nSPS) is 14.2. The smallest absolute Gasteiger partial charge is 0.223 e. The molecule has 0 radical (unpaired) electrons. The third-order valence-electron chi connectivity index (χ3n) is 6.11. The van der Waals surface area contributed by atoms with Crippen molar-refractivity contribution < 1.29 is 15.3 Å². The van der Waals surface area contributed by atoms with E-state index in [-0.39, 0.29) is 16.8 Å². The molecular weight excluding hydrogens is 547 g/mol. The molecule has 1 aliphatic heterocycles. The van der Waals surface area contributed by atoms with Crippen LogP contribution in [0.3, 0.4) is 0 Å². The molecule has 1 fully saturated rings. The predicted molar refractivity (Wildman–Crippen MR) is 152 cm³/mol. The standard InChI is InChI=1S/C26H22ClFN6S2.2H2O/c27-18-3-7-21(8-4-18)36-33-13-10-20(11-14-33)30-25-29-12-9-22(31-25)24-23(17-1-5-19(28)6-2-17)32-26-34(24)15-16-35-26;;/h1-9,12,15-16,20H,10-11,13-14H2,(H,29,30,31);2*1H2. The summed E-state index contributed by atoms with van der Waals surface area (Å²) in [5.41, 5.74) is 3.27. The minimum atomic E-state index is -0.271. The molecule has 0 atom stereocenters. The molecule has 5 aromatic rings. The fraction of sp³-hybridized carbons (Fsp3) is 0.192. The molecule has 38 heavy (non-hydrogen) atoms. The van der Waals surface area contributed by atoms with Crippen LogP contribution in [0, 0.1) is 5.82 Å². The zero-order chi connectivity index (χ0) is 24.5. The van der Waals surface area contributed by atoms with E-state index in [0.717, 1.165) is 58.6 Å². The first kappa shape index (κ1) is 28.0. The monoisotopic (exact) mass is 572 g/mol. The Labute approximate surface area is 232 Å². The lowest BCUT2D eigenvalue weighted by molar-refractivity contribution is 0.357. The van der Waals surface area contributed by atoms with Gasteiger partial charge in [-0.3, -0.25) is 4.40 Å². The zero-order valence-corrected chi connectivity index (χ0v) is 22.5. The third-order valence-corrected chi connectivity index (χ3v) is 8.23. The number of nitrogens with one attached hydrogen (secondary N) is 1. The Hall–Kier alpha value is -3.06. The van der Waals surface area contributed by atoms with Gasteiger partial charge in [0.25, 0.3) is 0 Å². The van der Waals surface area contributed by atoms with E-state index < -0.39 is 0 Å². The van der Waals surface area contributed by atoms with Crippen molar-refractivity contribution in [2.45, 2.75) is 23.8 Å².